The Bertz CT molecular complexity index is 514. The quantitative estimate of drug-likeness (QED) is 0.595. The standard InChI is InChI=1S/C13H20FNO3S/c1-13(2,15-7-4-8-19(16,17)18)10-11-5-3-6-12(14)9-11/h3,5-6,9,15H,4,7-8,10H2,1-2H3,(H,16,17,18). The third kappa shape index (κ3) is 7.25. The second-order valence-electron chi connectivity index (χ2n) is 5.26. The molecule has 0 atom stereocenters. The molecule has 6 heteroatoms. The van der Waals surface area contributed by atoms with E-state index in [1.54, 1.807) is 6.07 Å². The van der Waals surface area contributed by atoms with Crippen LogP contribution in [0.25, 0.3) is 0 Å². The molecule has 19 heavy (non-hydrogen) atoms. The number of benzene rings is 1. The van der Waals surface area contributed by atoms with E-state index in [1.165, 1.54) is 12.1 Å². The summed E-state index contributed by atoms with van der Waals surface area (Å²) in [5.41, 5.74) is 0.611. The molecule has 0 unspecified atom stereocenters. The van der Waals surface area contributed by atoms with Crippen molar-refractivity contribution in [1.82, 2.24) is 5.32 Å². The van der Waals surface area contributed by atoms with Crippen LogP contribution in [0, 0.1) is 5.82 Å². The van der Waals surface area contributed by atoms with Gasteiger partial charge in [0, 0.05) is 5.54 Å². The average molecular weight is 289 g/mol. The Balaban J connectivity index is 2.43. The third-order valence-electron chi connectivity index (χ3n) is 2.72. The summed E-state index contributed by atoms with van der Waals surface area (Å²) in [6.07, 6.45) is 0.974. The molecule has 0 bridgehead atoms. The summed E-state index contributed by atoms with van der Waals surface area (Å²) < 4.78 is 42.8. The van der Waals surface area contributed by atoms with Gasteiger partial charge in [-0.3, -0.25) is 4.55 Å². The van der Waals surface area contributed by atoms with Gasteiger partial charge >= 0.3 is 0 Å². The normalized spacial score (nSPS) is 12.6. The van der Waals surface area contributed by atoms with Gasteiger partial charge in [0.2, 0.25) is 0 Å². The summed E-state index contributed by atoms with van der Waals surface area (Å²) in [5.74, 6) is -0.518. The highest BCUT2D eigenvalue weighted by molar-refractivity contribution is 7.85. The van der Waals surface area contributed by atoms with Crippen molar-refractivity contribution < 1.29 is 17.4 Å². The molecule has 0 aliphatic rings. The minimum Gasteiger partial charge on any atom is -0.311 e. The third-order valence-corrected chi connectivity index (χ3v) is 3.52. The highest BCUT2D eigenvalue weighted by Crippen LogP contribution is 2.13. The number of hydrogen-bond donors (Lipinski definition) is 2. The maximum absolute atomic E-state index is 13.1. The van der Waals surface area contributed by atoms with Crippen LogP contribution in [0.15, 0.2) is 24.3 Å². The van der Waals surface area contributed by atoms with Gasteiger partial charge in [0.15, 0.2) is 0 Å². The number of rotatable bonds is 7. The van der Waals surface area contributed by atoms with Crippen LogP contribution in [-0.4, -0.2) is 30.8 Å². The minimum absolute atomic E-state index is 0.254. The monoisotopic (exact) mass is 289 g/mol. The van der Waals surface area contributed by atoms with Crippen molar-refractivity contribution in [1.29, 1.82) is 0 Å². The first-order valence-electron chi connectivity index (χ1n) is 6.13. The zero-order valence-corrected chi connectivity index (χ0v) is 12.0. The molecule has 0 saturated heterocycles. The van der Waals surface area contributed by atoms with E-state index in [2.05, 4.69) is 5.32 Å². The van der Waals surface area contributed by atoms with Gasteiger partial charge in [-0.1, -0.05) is 12.1 Å². The lowest BCUT2D eigenvalue weighted by molar-refractivity contribution is 0.385. The van der Waals surface area contributed by atoms with E-state index in [0.717, 1.165) is 5.56 Å². The number of hydrogen-bond acceptors (Lipinski definition) is 3. The van der Waals surface area contributed by atoms with Crippen LogP contribution in [-0.2, 0) is 16.5 Å². The molecule has 0 aromatic heterocycles. The molecule has 0 fully saturated rings. The zero-order valence-electron chi connectivity index (χ0n) is 11.2. The molecule has 0 amide bonds. The van der Waals surface area contributed by atoms with Crippen molar-refractivity contribution in [2.45, 2.75) is 32.2 Å². The van der Waals surface area contributed by atoms with Gasteiger partial charge in [-0.05, 0) is 50.9 Å². The first-order chi connectivity index (χ1) is 8.68. The molecule has 4 nitrogen and oxygen atoms in total. The van der Waals surface area contributed by atoms with Crippen molar-refractivity contribution in [3.63, 3.8) is 0 Å². The van der Waals surface area contributed by atoms with Gasteiger partial charge < -0.3 is 5.32 Å². The van der Waals surface area contributed by atoms with Crippen molar-refractivity contribution in [3.05, 3.63) is 35.6 Å². The van der Waals surface area contributed by atoms with Crippen LogP contribution in [0.3, 0.4) is 0 Å². The fourth-order valence-corrected chi connectivity index (χ4v) is 2.41. The molecule has 1 aromatic carbocycles. The Morgan fingerprint density at radius 1 is 1.37 bits per heavy atom. The molecular formula is C13H20FNO3S. The molecule has 0 radical (unpaired) electrons. The highest BCUT2D eigenvalue weighted by atomic mass is 32.2. The van der Waals surface area contributed by atoms with E-state index in [9.17, 15) is 12.8 Å². The first kappa shape index (κ1) is 16.1. The van der Waals surface area contributed by atoms with Gasteiger partial charge in [0.05, 0.1) is 5.75 Å². The molecule has 0 spiro atoms. The fraction of sp³-hybridized carbons (Fsp3) is 0.538. The number of nitrogens with one attached hydrogen (secondary N) is 1. The van der Waals surface area contributed by atoms with Gasteiger partial charge in [-0.25, -0.2) is 4.39 Å². The Hall–Kier alpha value is -0.980. The SMILES string of the molecule is CC(C)(Cc1cccc(F)c1)NCCCS(=O)(=O)O. The van der Waals surface area contributed by atoms with Crippen molar-refractivity contribution in [2.75, 3.05) is 12.3 Å². The average Bonchev–Trinajstić information content (AvgIpc) is 2.22. The summed E-state index contributed by atoms with van der Waals surface area (Å²) in [6.45, 7) is 4.40. The lowest BCUT2D eigenvalue weighted by Gasteiger charge is -2.26. The Kier molecular flexibility index (Phi) is 5.46. The lowest BCUT2D eigenvalue weighted by Crippen LogP contribution is -2.42. The Morgan fingerprint density at radius 3 is 2.63 bits per heavy atom. The van der Waals surface area contributed by atoms with Crippen LogP contribution in [0.5, 0.6) is 0 Å². The van der Waals surface area contributed by atoms with Gasteiger partial charge in [-0.15, -0.1) is 0 Å². The lowest BCUT2D eigenvalue weighted by atomic mass is 9.95. The molecular weight excluding hydrogens is 269 g/mol. The highest BCUT2D eigenvalue weighted by Gasteiger charge is 2.18. The molecule has 0 saturated carbocycles. The van der Waals surface area contributed by atoms with E-state index in [0.29, 0.717) is 19.4 Å². The molecule has 108 valence electrons. The van der Waals surface area contributed by atoms with Gasteiger partial charge in [0.1, 0.15) is 5.82 Å². The predicted molar refractivity (Wildman–Crippen MR) is 73.2 cm³/mol. The molecule has 0 aliphatic heterocycles. The van der Waals surface area contributed by atoms with Gasteiger partial charge in [-0.2, -0.15) is 8.42 Å². The fourth-order valence-electron chi connectivity index (χ4n) is 1.90. The second kappa shape index (κ2) is 6.45. The predicted octanol–water partition coefficient (Wildman–Crippen LogP) is 2.01. The Labute approximate surface area is 113 Å². The zero-order chi connectivity index (χ0) is 14.5. The smallest absolute Gasteiger partial charge is 0.264 e. The van der Waals surface area contributed by atoms with E-state index in [-0.39, 0.29) is 17.1 Å². The van der Waals surface area contributed by atoms with Crippen LogP contribution in [0.2, 0.25) is 0 Å². The van der Waals surface area contributed by atoms with Gasteiger partial charge in [0.25, 0.3) is 10.1 Å². The number of halogens is 1. The largest absolute Gasteiger partial charge is 0.311 e. The topological polar surface area (TPSA) is 66.4 Å². The molecule has 2 N–H and O–H groups in total. The first-order valence-corrected chi connectivity index (χ1v) is 7.73. The molecule has 0 heterocycles. The van der Waals surface area contributed by atoms with Crippen LogP contribution in [0.4, 0.5) is 4.39 Å². The summed E-state index contributed by atoms with van der Waals surface area (Å²) in [5, 5.41) is 3.20. The maximum Gasteiger partial charge on any atom is 0.264 e. The van der Waals surface area contributed by atoms with E-state index in [1.807, 2.05) is 19.9 Å². The van der Waals surface area contributed by atoms with Crippen LogP contribution < -0.4 is 5.32 Å². The molecule has 0 aliphatic carbocycles. The summed E-state index contributed by atoms with van der Waals surface area (Å²) >= 11 is 0. The van der Waals surface area contributed by atoms with Crippen LogP contribution >= 0.6 is 0 Å². The summed E-state index contributed by atoms with van der Waals surface area (Å²) in [4.78, 5) is 0. The molecule has 1 aromatic rings. The maximum atomic E-state index is 13.1. The molecule has 1 rings (SSSR count). The minimum atomic E-state index is -3.90. The van der Waals surface area contributed by atoms with Crippen molar-refractivity contribution >= 4 is 10.1 Å². The van der Waals surface area contributed by atoms with E-state index >= 15 is 0 Å². The van der Waals surface area contributed by atoms with Crippen LogP contribution in [0.1, 0.15) is 25.8 Å². The van der Waals surface area contributed by atoms with Crippen molar-refractivity contribution in [3.8, 4) is 0 Å². The second-order valence-corrected chi connectivity index (χ2v) is 6.83. The Morgan fingerprint density at radius 2 is 2.05 bits per heavy atom. The van der Waals surface area contributed by atoms with E-state index in [4.69, 9.17) is 4.55 Å². The summed E-state index contributed by atoms with van der Waals surface area (Å²) in [6, 6.07) is 6.40. The van der Waals surface area contributed by atoms with E-state index < -0.39 is 10.1 Å². The summed E-state index contributed by atoms with van der Waals surface area (Å²) in [7, 11) is -3.90. The van der Waals surface area contributed by atoms with Crippen molar-refractivity contribution in [2.24, 2.45) is 0 Å².